The first-order valence-electron chi connectivity index (χ1n) is 8.64. The van der Waals surface area contributed by atoms with Gasteiger partial charge in [0.15, 0.2) is 0 Å². The first-order chi connectivity index (χ1) is 11.9. The number of aliphatic hydroxyl groups is 1. The van der Waals surface area contributed by atoms with Crippen LogP contribution in [0.3, 0.4) is 0 Å². The number of benzene rings is 2. The van der Waals surface area contributed by atoms with Crippen LogP contribution in [0.5, 0.6) is 0 Å². The van der Waals surface area contributed by atoms with Crippen LogP contribution in [0.4, 0.5) is 0 Å². The van der Waals surface area contributed by atoms with Crippen molar-refractivity contribution in [2.45, 2.75) is 25.3 Å². The van der Waals surface area contributed by atoms with Gasteiger partial charge in [-0.2, -0.15) is 5.10 Å². The summed E-state index contributed by atoms with van der Waals surface area (Å²) in [7, 11) is 0. The highest BCUT2D eigenvalue weighted by atomic mass is 16.3. The molecule has 0 aromatic heterocycles. The summed E-state index contributed by atoms with van der Waals surface area (Å²) in [5.41, 5.74) is 4.92. The molecule has 3 heteroatoms. The van der Waals surface area contributed by atoms with Crippen molar-refractivity contribution in [1.29, 1.82) is 0 Å². The van der Waals surface area contributed by atoms with E-state index in [4.69, 9.17) is 5.10 Å². The van der Waals surface area contributed by atoms with E-state index in [1.54, 1.807) is 0 Å². The molecular formula is C21H22N2O. The predicted molar refractivity (Wildman–Crippen MR) is 97.3 cm³/mol. The summed E-state index contributed by atoms with van der Waals surface area (Å²) in [6, 6.07) is 21.0. The van der Waals surface area contributed by atoms with Crippen LogP contribution < -0.4 is 0 Å². The Morgan fingerprint density at radius 1 is 1.04 bits per heavy atom. The molecule has 0 saturated heterocycles. The molecule has 1 fully saturated rings. The lowest BCUT2D eigenvalue weighted by atomic mass is 9.77. The Bertz CT molecular complexity index is 752. The van der Waals surface area contributed by atoms with Crippen molar-refractivity contribution in [3.63, 3.8) is 0 Å². The minimum absolute atomic E-state index is 0.0435. The van der Waals surface area contributed by atoms with Crippen LogP contribution in [0.15, 0.2) is 71.3 Å². The van der Waals surface area contributed by atoms with Gasteiger partial charge in [0.25, 0.3) is 0 Å². The number of fused-ring (bicyclic) bond motifs is 1. The van der Waals surface area contributed by atoms with E-state index < -0.39 is 0 Å². The maximum absolute atomic E-state index is 9.82. The maximum Gasteiger partial charge on any atom is 0.132 e. The van der Waals surface area contributed by atoms with Crippen molar-refractivity contribution in [3.8, 4) is 0 Å². The van der Waals surface area contributed by atoms with Crippen LogP contribution in [0, 0.1) is 5.92 Å². The first-order valence-corrected chi connectivity index (χ1v) is 8.64. The van der Waals surface area contributed by atoms with Crippen molar-refractivity contribution >= 4 is 11.8 Å². The van der Waals surface area contributed by atoms with E-state index in [0.717, 1.165) is 18.6 Å². The fourth-order valence-electron chi connectivity index (χ4n) is 3.94. The lowest BCUT2D eigenvalue weighted by Gasteiger charge is -2.29. The summed E-state index contributed by atoms with van der Waals surface area (Å²) in [5, 5.41) is 16.5. The zero-order valence-electron chi connectivity index (χ0n) is 13.7. The maximum atomic E-state index is 9.82. The Labute approximate surface area is 142 Å². The van der Waals surface area contributed by atoms with Gasteiger partial charge in [-0.1, -0.05) is 60.7 Å². The minimum Gasteiger partial charge on any atom is -0.375 e. The number of hydrogen-bond donors (Lipinski definition) is 1. The van der Waals surface area contributed by atoms with Gasteiger partial charge in [-0.25, -0.2) is 0 Å². The average molecular weight is 318 g/mol. The molecule has 0 amide bonds. The molecule has 1 heterocycles. The topological polar surface area (TPSA) is 35.8 Å². The molecule has 3 nitrogen and oxygen atoms in total. The average Bonchev–Trinajstić information content (AvgIpc) is 3.03. The van der Waals surface area contributed by atoms with Gasteiger partial charge in [0.1, 0.15) is 6.73 Å². The number of hydrazone groups is 1. The molecule has 2 aliphatic rings. The molecule has 2 atom stereocenters. The molecule has 24 heavy (non-hydrogen) atoms. The third-order valence-corrected chi connectivity index (χ3v) is 5.01. The fourth-order valence-corrected chi connectivity index (χ4v) is 3.94. The number of allylic oxidation sites excluding steroid dienone is 1. The minimum atomic E-state index is -0.0435. The Kier molecular flexibility index (Phi) is 4.18. The van der Waals surface area contributed by atoms with Gasteiger partial charge < -0.3 is 5.11 Å². The lowest BCUT2D eigenvalue weighted by Crippen LogP contribution is -2.28. The van der Waals surface area contributed by atoms with Crippen LogP contribution in [-0.4, -0.2) is 22.6 Å². The summed E-state index contributed by atoms with van der Waals surface area (Å²) in [6.45, 7) is -0.0435. The van der Waals surface area contributed by atoms with Gasteiger partial charge in [0.2, 0.25) is 0 Å². The molecule has 0 spiro atoms. The second-order valence-electron chi connectivity index (χ2n) is 6.50. The second-order valence-corrected chi connectivity index (χ2v) is 6.50. The van der Waals surface area contributed by atoms with Gasteiger partial charge in [0.05, 0.1) is 11.8 Å². The van der Waals surface area contributed by atoms with Gasteiger partial charge in [0, 0.05) is 5.92 Å². The second kappa shape index (κ2) is 6.62. The summed E-state index contributed by atoms with van der Waals surface area (Å²) >= 11 is 0. The SMILES string of the molecule is OCN1N=C2/C(=C/c3ccccc3)CCC[C@@H]2[C@H]1c1ccccc1. The summed E-state index contributed by atoms with van der Waals surface area (Å²) in [5.74, 6) is 0.364. The van der Waals surface area contributed by atoms with Crippen molar-refractivity contribution in [2.24, 2.45) is 11.0 Å². The molecule has 0 radical (unpaired) electrons. The zero-order valence-corrected chi connectivity index (χ0v) is 13.7. The Balaban J connectivity index is 1.70. The molecule has 2 aromatic carbocycles. The molecule has 1 N–H and O–H groups in total. The normalized spacial score (nSPS) is 24.8. The summed E-state index contributed by atoms with van der Waals surface area (Å²) in [6.07, 6.45) is 5.62. The largest absolute Gasteiger partial charge is 0.375 e. The van der Waals surface area contributed by atoms with E-state index >= 15 is 0 Å². The monoisotopic (exact) mass is 318 g/mol. The summed E-state index contributed by atoms with van der Waals surface area (Å²) < 4.78 is 0. The van der Waals surface area contributed by atoms with E-state index in [-0.39, 0.29) is 12.8 Å². The van der Waals surface area contributed by atoms with Crippen molar-refractivity contribution in [2.75, 3.05) is 6.73 Å². The molecule has 1 aliphatic carbocycles. The fraction of sp³-hybridized carbons (Fsp3) is 0.286. The highest BCUT2D eigenvalue weighted by Gasteiger charge is 2.40. The van der Waals surface area contributed by atoms with E-state index in [9.17, 15) is 5.11 Å². The van der Waals surface area contributed by atoms with Crippen LogP contribution in [-0.2, 0) is 0 Å². The van der Waals surface area contributed by atoms with Crippen LogP contribution >= 0.6 is 0 Å². The number of aliphatic hydroxyl groups excluding tert-OH is 1. The molecule has 1 aliphatic heterocycles. The quantitative estimate of drug-likeness (QED) is 0.919. The smallest absolute Gasteiger partial charge is 0.132 e. The third-order valence-electron chi connectivity index (χ3n) is 5.01. The van der Waals surface area contributed by atoms with Gasteiger partial charge in [-0.05, 0) is 42.0 Å². The highest BCUT2D eigenvalue weighted by Crippen LogP contribution is 2.43. The molecule has 2 aromatic rings. The predicted octanol–water partition coefficient (Wildman–Crippen LogP) is 4.23. The van der Waals surface area contributed by atoms with Gasteiger partial charge >= 0.3 is 0 Å². The van der Waals surface area contributed by atoms with Crippen molar-refractivity contribution in [1.82, 2.24) is 5.01 Å². The van der Waals surface area contributed by atoms with Crippen LogP contribution in [0.1, 0.15) is 36.4 Å². The Morgan fingerprint density at radius 2 is 1.75 bits per heavy atom. The Morgan fingerprint density at radius 3 is 2.46 bits per heavy atom. The number of rotatable bonds is 3. The molecule has 1 saturated carbocycles. The molecule has 0 bridgehead atoms. The van der Waals surface area contributed by atoms with E-state index in [1.807, 2.05) is 17.1 Å². The standard InChI is InChI=1S/C21H22N2O/c24-15-23-21(17-10-5-2-6-11-17)19-13-7-12-18(20(19)22-23)14-16-8-3-1-4-9-16/h1-6,8-11,14,19,21,24H,7,12-13,15H2/b18-14+/t19-,21+/m0/s1. The van der Waals surface area contributed by atoms with Crippen molar-refractivity contribution in [3.05, 3.63) is 77.4 Å². The van der Waals surface area contributed by atoms with E-state index in [1.165, 1.54) is 23.1 Å². The lowest BCUT2D eigenvalue weighted by molar-refractivity contribution is 0.0697. The zero-order chi connectivity index (χ0) is 16.4. The highest BCUT2D eigenvalue weighted by molar-refractivity contribution is 6.07. The van der Waals surface area contributed by atoms with Gasteiger partial charge in [-0.15, -0.1) is 0 Å². The Hall–Kier alpha value is -2.39. The first kappa shape index (κ1) is 15.2. The number of nitrogens with zero attached hydrogens (tertiary/aromatic N) is 2. The molecule has 122 valence electrons. The van der Waals surface area contributed by atoms with Crippen LogP contribution in [0.2, 0.25) is 0 Å². The molecular weight excluding hydrogens is 296 g/mol. The molecule has 4 rings (SSSR count). The molecule has 0 unspecified atom stereocenters. The van der Waals surface area contributed by atoms with Crippen molar-refractivity contribution < 1.29 is 5.11 Å². The van der Waals surface area contributed by atoms with Gasteiger partial charge in [-0.3, -0.25) is 5.01 Å². The van der Waals surface area contributed by atoms with E-state index in [0.29, 0.717) is 5.92 Å². The van der Waals surface area contributed by atoms with Crippen LogP contribution in [0.25, 0.3) is 6.08 Å². The van der Waals surface area contributed by atoms with E-state index in [2.05, 4.69) is 54.6 Å². The number of hydrogen-bond acceptors (Lipinski definition) is 3. The summed E-state index contributed by atoms with van der Waals surface area (Å²) in [4.78, 5) is 0. The third kappa shape index (κ3) is 2.76.